The van der Waals surface area contributed by atoms with Crippen molar-refractivity contribution in [1.29, 1.82) is 0 Å². The highest BCUT2D eigenvalue weighted by Crippen LogP contribution is 2.53. The van der Waals surface area contributed by atoms with Crippen LogP contribution in [-0.2, 0) is 4.74 Å². The molecule has 2 aliphatic rings. The van der Waals surface area contributed by atoms with Crippen molar-refractivity contribution in [3.05, 3.63) is 23.2 Å². The Hall–Kier alpha value is -0.930. The van der Waals surface area contributed by atoms with Gasteiger partial charge in [-0.1, -0.05) is 25.4 Å². The maximum absolute atomic E-state index is 9.42. The Morgan fingerprint density at radius 2 is 2.22 bits per heavy atom. The molecule has 1 saturated carbocycles. The third-order valence-corrected chi connectivity index (χ3v) is 4.67. The van der Waals surface area contributed by atoms with Gasteiger partial charge in [0.1, 0.15) is 5.75 Å². The van der Waals surface area contributed by atoms with E-state index < -0.39 is 0 Å². The summed E-state index contributed by atoms with van der Waals surface area (Å²) in [4.78, 5) is 0. The molecule has 4 heteroatoms. The van der Waals surface area contributed by atoms with Crippen LogP contribution in [0.5, 0.6) is 5.75 Å². The molecule has 1 saturated heterocycles. The highest BCUT2D eigenvalue weighted by Gasteiger charge is 2.59. The van der Waals surface area contributed by atoms with E-state index in [-0.39, 0.29) is 11.2 Å². The molecule has 1 aliphatic heterocycles. The molecule has 1 aliphatic carbocycles. The highest BCUT2D eigenvalue weighted by molar-refractivity contribution is 6.32. The third kappa shape index (κ3) is 1.69. The van der Waals surface area contributed by atoms with Gasteiger partial charge in [0.25, 0.3) is 0 Å². The van der Waals surface area contributed by atoms with Crippen LogP contribution >= 0.6 is 11.6 Å². The zero-order chi connectivity index (χ0) is 12.9. The minimum absolute atomic E-state index is 0.122. The van der Waals surface area contributed by atoms with Crippen LogP contribution in [0, 0.1) is 11.3 Å². The van der Waals surface area contributed by atoms with E-state index in [2.05, 4.69) is 19.2 Å². The molecule has 1 aromatic rings. The lowest BCUT2D eigenvalue weighted by atomic mass is 9.57. The number of hydrogen-bond acceptors (Lipinski definition) is 3. The van der Waals surface area contributed by atoms with E-state index in [9.17, 15) is 5.11 Å². The summed E-state index contributed by atoms with van der Waals surface area (Å²) in [7, 11) is 0. The van der Waals surface area contributed by atoms with E-state index in [0.717, 1.165) is 18.7 Å². The number of phenolic OH excluding ortho intramolecular Hbond substituents is 1. The van der Waals surface area contributed by atoms with Crippen molar-refractivity contribution < 1.29 is 9.84 Å². The van der Waals surface area contributed by atoms with Crippen LogP contribution in [-0.4, -0.2) is 23.9 Å². The molecular weight excluding hydrogens is 250 g/mol. The van der Waals surface area contributed by atoms with Crippen LogP contribution in [0.1, 0.15) is 20.3 Å². The molecule has 3 atom stereocenters. The number of halogens is 1. The van der Waals surface area contributed by atoms with Crippen molar-refractivity contribution >= 4 is 17.3 Å². The number of benzene rings is 1. The predicted octanol–water partition coefficient (Wildman–Crippen LogP) is 3.27. The third-order valence-electron chi connectivity index (χ3n) is 4.37. The summed E-state index contributed by atoms with van der Waals surface area (Å²) in [5, 5.41) is 13.3. The summed E-state index contributed by atoms with van der Waals surface area (Å²) >= 11 is 5.93. The van der Waals surface area contributed by atoms with Gasteiger partial charge in [0.15, 0.2) is 0 Å². The summed E-state index contributed by atoms with van der Waals surface area (Å²) in [6.07, 6.45) is 1.50. The Morgan fingerprint density at radius 1 is 1.44 bits per heavy atom. The number of fused-ring (bicyclic) bond motifs is 1. The van der Waals surface area contributed by atoms with Crippen LogP contribution in [0.3, 0.4) is 0 Å². The molecule has 1 heterocycles. The van der Waals surface area contributed by atoms with Crippen LogP contribution in [0.2, 0.25) is 5.02 Å². The standard InChI is InChI=1S/C14H18ClNO2/c1-14(2)12(9-5-6-18-13(9)14)16-8-3-4-11(17)10(15)7-8/h3-4,7,9,12-13,16-17H,5-6H2,1-2H3. The minimum atomic E-state index is 0.122. The van der Waals surface area contributed by atoms with Gasteiger partial charge in [0.05, 0.1) is 11.1 Å². The topological polar surface area (TPSA) is 41.5 Å². The number of nitrogens with one attached hydrogen (secondary N) is 1. The van der Waals surface area contributed by atoms with Crippen molar-refractivity contribution in [2.24, 2.45) is 11.3 Å². The predicted molar refractivity (Wildman–Crippen MR) is 72.2 cm³/mol. The molecule has 18 heavy (non-hydrogen) atoms. The Balaban J connectivity index is 1.78. The molecule has 3 unspecified atom stereocenters. The lowest BCUT2D eigenvalue weighted by Gasteiger charge is -2.55. The Morgan fingerprint density at radius 3 is 2.94 bits per heavy atom. The van der Waals surface area contributed by atoms with E-state index in [0.29, 0.717) is 23.1 Å². The van der Waals surface area contributed by atoms with Gasteiger partial charge in [-0.15, -0.1) is 0 Å². The van der Waals surface area contributed by atoms with Gasteiger partial charge in [0, 0.05) is 29.7 Å². The number of aromatic hydroxyl groups is 1. The first-order chi connectivity index (χ1) is 8.50. The number of phenols is 1. The van der Waals surface area contributed by atoms with E-state index in [1.54, 1.807) is 12.1 Å². The maximum atomic E-state index is 9.42. The fourth-order valence-electron chi connectivity index (χ4n) is 3.39. The quantitative estimate of drug-likeness (QED) is 0.808. The average molecular weight is 268 g/mol. The van der Waals surface area contributed by atoms with E-state index >= 15 is 0 Å². The second-order valence-corrected chi connectivity index (χ2v) is 6.26. The molecule has 0 aromatic heterocycles. The van der Waals surface area contributed by atoms with E-state index in [1.807, 2.05) is 6.07 Å². The summed E-state index contributed by atoms with van der Waals surface area (Å²) in [5.74, 6) is 0.713. The molecule has 2 N–H and O–H groups in total. The fourth-order valence-corrected chi connectivity index (χ4v) is 3.57. The molecule has 98 valence electrons. The Kier molecular flexibility index (Phi) is 2.72. The van der Waals surface area contributed by atoms with Crippen molar-refractivity contribution in [2.45, 2.75) is 32.4 Å². The second kappa shape index (κ2) is 4.04. The summed E-state index contributed by atoms with van der Waals surface area (Å²) < 4.78 is 5.77. The van der Waals surface area contributed by atoms with Crippen molar-refractivity contribution in [2.75, 3.05) is 11.9 Å². The lowest BCUT2D eigenvalue weighted by Crippen LogP contribution is -2.63. The second-order valence-electron chi connectivity index (χ2n) is 5.85. The Labute approximate surface area is 112 Å². The first-order valence-corrected chi connectivity index (χ1v) is 6.74. The fraction of sp³-hybridized carbons (Fsp3) is 0.571. The first kappa shape index (κ1) is 12.1. The van der Waals surface area contributed by atoms with Gasteiger partial charge in [-0.25, -0.2) is 0 Å². The molecule has 3 rings (SSSR count). The largest absolute Gasteiger partial charge is 0.506 e. The Bertz CT molecular complexity index is 475. The SMILES string of the molecule is CC1(C)C(Nc2ccc(O)c(Cl)c2)C2CCOC21. The maximum Gasteiger partial charge on any atom is 0.134 e. The zero-order valence-corrected chi connectivity index (χ0v) is 11.4. The summed E-state index contributed by atoms with van der Waals surface area (Å²) in [5.41, 5.74) is 1.10. The number of rotatable bonds is 2. The lowest BCUT2D eigenvalue weighted by molar-refractivity contribution is -0.0923. The molecule has 0 spiro atoms. The van der Waals surface area contributed by atoms with Crippen molar-refractivity contribution in [3.8, 4) is 5.75 Å². The molecule has 2 fully saturated rings. The van der Waals surface area contributed by atoms with Gasteiger partial charge < -0.3 is 15.2 Å². The van der Waals surface area contributed by atoms with Gasteiger partial charge in [-0.3, -0.25) is 0 Å². The van der Waals surface area contributed by atoms with Gasteiger partial charge in [-0.2, -0.15) is 0 Å². The average Bonchev–Trinajstić information content (AvgIpc) is 2.77. The summed E-state index contributed by atoms with van der Waals surface area (Å²) in [6.45, 7) is 5.34. The molecule has 0 amide bonds. The molecule has 0 bridgehead atoms. The van der Waals surface area contributed by atoms with Crippen LogP contribution in [0.15, 0.2) is 18.2 Å². The highest BCUT2D eigenvalue weighted by atomic mass is 35.5. The molecule has 0 radical (unpaired) electrons. The van der Waals surface area contributed by atoms with Crippen LogP contribution in [0.25, 0.3) is 0 Å². The van der Waals surface area contributed by atoms with Crippen molar-refractivity contribution in [3.63, 3.8) is 0 Å². The van der Waals surface area contributed by atoms with Crippen molar-refractivity contribution in [1.82, 2.24) is 0 Å². The molecule has 1 aromatic carbocycles. The number of anilines is 1. The summed E-state index contributed by atoms with van der Waals surface area (Å²) in [6, 6.07) is 5.67. The molecule has 3 nitrogen and oxygen atoms in total. The van der Waals surface area contributed by atoms with Gasteiger partial charge in [-0.05, 0) is 24.6 Å². The first-order valence-electron chi connectivity index (χ1n) is 6.37. The normalized spacial score (nSPS) is 32.7. The van der Waals surface area contributed by atoms with Gasteiger partial charge in [0.2, 0.25) is 0 Å². The van der Waals surface area contributed by atoms with E-state index in [4.69, 9.17) is 16.3 Å². The monoisotopic (exact) mass is 267 g/mol. The van der Waals surface area contributed by atoms with E-state index in [1.165, 1.54) is 0 Å². The molecular formula is C14H18ClNO2. The minimum Gasteiger partial charge on any atom is -0.506 e. The van der Waals surface area contributed by atoms with Gasteiger partial charge >= 0.3 is 0 Å². The number of hydrogen-bond donors (Lipinski definition) is 2. The number of ether oxygens (including phenoxy) is 1. The smallest absolute Gasteiger partial charge is 0.134 e. The zero-order valence-electron chi connectivity index (χ0n) is 10.6. The van der Waals surface area contributed by atoms with Crippen LogP contribution < -0.4 is 5.32 Å². The van der Waals surface area contributed by atoms with Crippen LogP contribution in [0.4, 0.5) is 5.69 Å².